The summed E-state index contributed by atoms with van der Waals surface area (Å²) in [4.78, 5) is 27.9. The first-order chi connectivity index (χ1) is 11.4. The van der Waals surface area contributed by atoms with Crippen LogP contribution in [-0.4, -0.2) is 61.6 Å². The number of anilines is 2. The van der Waals surface area contributed by atoms with Crippen LogP contribution in [0.15, 0.2) is 18.2 Å². The summed E-state index contributed by atoms with van der Waals surface area (Å²) < 4.78 is 5.51. The normalized spacial score (nSPS) is 16.2. The molecule has 24 heavy (non-hydrogen) atoms. The Labute approximate surface area is 142 Å². The highest BCUT2D eigenvalue weighted by Gasteiger charge is 2.23. The number of carbonyl (C=O) groups is 2. The molecule has 132 valence electrons. The van der Waals surface area contributed by atoms with E-state index >= 15 is 0 Å². The van der Waals surface area contributed by atoms with E-state index in [2.05, 4.69) is 15.5 Å². The number of hydrogen-bond acceptors (Lipinski definition) is 4. The third kappa shape index (κ3) is 4.61. The monoisotopic (exact) mass is 334 g/mol. The van der Waals surface area contributed by atoms with E-state index < -0.39 is 6.10 Å². The van der Waals surface area contributed by atoms with Crippen molar-refractivity contribution < 1.29 is 14.3 Å². The second-order valence-corrected chi connectivity index (χ2v) is 6.13. The Bertz CT molecular complexity index is 603. The zero-order valence-electron chi connectivity index (χ0n) is 14.8. The third-order valence-electron chi connectivity index (χ3n) is 3.86. The standard InChI is InChI=1S/C17H26N4O3/c1-5-21(10-6-9-20(3)4)17(23)18-13-7-8-15-14(11-13)19-16(22)12(2)24-15/h7-8,11-12H,5-6,9-10H2,1-4H3,(H,18,23)(H,19,22). The van der Waals surface area contributed by atoms with Gasteiger partial charge in [-0.05, 0) is 59.1 Å². The largest absolute Gasteiger partial charge is 0.479 e. The lowest BCUT2D eigenvalue weighted by atomic mass is 10.2. The Balaban J connectivity index is 1.98. The van der Waals surface area contributed by atoms with Crippen LogP contribution in [-0.2, 0) is 4.79 Å². The summed E-state index contributed by atoms with van der Waals surface area (Å²) in [6, 6.07) is 5.09. The van der Waals surface area contributed by atoms with Crippen molar-refractivity contribution in [3.63, 3.8) is 0 Å². The quantitative estimate of drug-likeness (QED) is 0.836. The summed E-state index contributed by atoms with van der Waals surface area (Å²) in [5, 5.41) is 5.65. The van der Waals surface area contributed by atoms with Crippen molar-refractivity contribution in [1.29, 1.82) is 0 Å². The highest BCUT2D eigenvalue weighted by molar-refractivity contribution is 5.99. The maximum Gasteiger partial charge on any atom is 0.321 e. The molecule has 3 amide bonds. The van der Waals surface area contributed by atoms with Gasteiger partial charge in [0.15, 0.2) is 6.10 Å². The number of carbonyl (C=O) groups excluding carboxylic acids is 2. The number of fused-ring (bicyclic) bond motifs is 1. The minimum atomic E-state index is -0.509. The number of hydrogen-bond donors (Lipinski definition) is 2. The van der Waals surface area contributed by atoms with Crippen LogP contribution in [0.25, 0.3) is 0 Å². The van der Waals surface area contributed by atoms with Crippen LogP contribution >= 0.6 is 0 Å². The summed E-state index contributed by atoms with van der Waals surface area (Å²) >= 11 is 0. The molecule has 0 spiro atoms. The van der Waals surface area contributed by atoms with E-state index in [1.807, 2.05) is 21.0 Å². The summed E-state index contributed by atoms with van der Waals surface area (Å²) in [5.41, 5.74) is 1.20. The van der Waals surface area contributed by atoms with Gasteiger partial charge in [0, 0.05) is 18.8 Å². The zero-order chi connectivity index (χ0) is 17.7. The Morgan fingerprint density at radius 3 is 2.75 bits per heavy atom. The number of ether oxygens (including phenoxy) is 1. The molecule has 1 aliphatic rings. The van der Waals surface area contributed by atoms with Crippen LogP contribution in [0, 0.1) is 0 Å². The first-order valence-electron chi connectivity index (χ1n) is 8.23. The van der Waals surface area contributed by atoms with E-state index in [9.17, 15) is 9.59 Å². The fourth-order valence-electron chi connectivity index (χ4n) is 2.47. The fourth-order valence-corrected chi connectivity index (χ4v) is 2.47. The van der Waals surface area contributed by atoms with Crippen molar-refractivity contribution in [1.82, 2.24) is 9.80 Å². The van der Waals surface area contributed by atoms with E-state index in [-0.39, 0.29) is 11.9 Å². The number of benzene rings is 1. The van der Waals surface area contributed by atoms with Gasteiger partial charge in [-0.1, -0.05) is 0 Å². The average Bonchev–Trinajstić information content (AvgIpc) is 2.52. The molecule has 0 bridgehead atoms. The molecule has 2 N–H and O–H groups in total. The van der Waals surface area contributed by atoms with E-state index in [1.54, 1.807) is 30.0 Å². The highest BCUT2D eigenvalue weighted by Crippen LogP contribution is 2.32. The van der Waals surface area contributed by atoms with Gasteiger partial charge in [0.2, 0.25) is 0 Å². The van der Waals surface area contributed by atoms with Gasteiger partial charge in [0.05, 0.1) is 5.69 Å². The maximum atomic E-state index is 12.4. The lowest BCUT2D eigenvalue weighted by Crippen LogP contribution is -2.37. The molecule has 1 aliphatic heterocycles. The summed E-state index contributed by atoms with van der Waals surface area (Å²) in [6.07, 6.45) is 0.408. The Hall–Kier alpha value is -2.28. The van der Waals surface area contributed by atoms with E-state index in [0.29, 0.717) is 30.2 Å². The first kappa shape index (κ1) is 18.1. The molecule has 1 aromatic rings. The molecule has 2 rings (SSSR count). The number of amides is 3. The smallest absolute Gasteiger partial charge is 0.321 e. The van der Waals surface area contributed by atoms with Crippen molar-refractivity contribution in [2.75, 3.05) is 44.4 Å². The zero-order valence-corrected chi connectivity index (χ0v) is 14.8. The Kier molecular flexibility index (Phi) is 6.03. The van der Waals surface area contributed by atoms with Crippen molar-refractivity contribution >= 4 is 23.3 Å². The molecule has 0 aromatic heterocycles. The minimum absolute atomic E-state index is 0.146. The van der Waals surface area contributed by atoms with Crippen LogP contribution in [0.2, 0.25) is 0 Å². The van der Waals surface area contributed by atoms with E-state index in [1.165, 1.54) is 0 Å². The fraction of sp³-hybridized carbons (Fsp3) is 0.529. The van der Waals surface area contributed by atoms with Gasteiger partial charge in [-0.25, -0.2) is 4.79 Å². The molecule has 1 heterocycles. The maximum absolute atomic E-state index is 12.4. The molecule has 1 aromatic carbocycles. The van der Waals surface area contributed by atoms with E-state index in [4.69, 9.17) is 4.74 Å². The van der Waals surface area contributed by atoms with Crippen LogP contribution < -0.4 is 15.4 Å². The third-order valence-corrected chi connectivity index (χ3v) is 3.86. The topological polar surface area (TPSA) is 73.9 Å². The van der Waals surface area contributed by atoms with Crippen molar-refractivity contribution in [2.24, 2.45) is 0 Å². The number of nitrogens with zero attached hydrogens (tertiary/aromatic N) is 2. The minimum Gasteiger partial charge on any atom is -0.479 e. The SMILES string of the molecule is CCN(CCCN(C)C)C(=O)Nc1ccc2c(c1)NC(=O)C(C)O2. The van der Waals surface area contributed by atoms with Crippen molar-refractivity contribution in [3.05, 3.63) is 18.2 Å². The van der Waals surface area contributed by atoms with Gasteiger partial charge < -0.3 is 25.2 Å². The predicted molar refractivity (Wildman–Crippen MR) is 94.6 cm³/mol. The van der Waals surface area contributed by atoms with Gasteiger partial charge in [-0.15, -0.1) is 0 Å². The Morgan fingerprint density at radius 1 is 1.33 bits per heavy atom. The summed E-state index contributed by atoms with van der Waals surface area (Å²) in [5.74, 6) is 0.420. The second-order valence-electron chi connectivity index (χ2n) is 6.13. The molecule has 1 unspecified atom stereocenters. The van der Waals surface area contributed by atoms with Crippen molar-refractivity contribution in [3.8, 4) is 5.75 Å². The van der Waals surface area contributed by atoms with Crippen LogP contribution in [0.1, 0.15) is 20.3 Å². The summed E-state index contributed by atoms with van der Waals surface area (Å²) in [6.45, 7) is 5.92. The molecular formula is C17H26N4O3. The predicted octanol–water partition coefficient (Wildman–Crippen LogP) is 2.21. The van der Waals surface area contributed by atoms with Crippen LogP contribution in [0.4, 0.5) is 16.2 Å². The first-order valence-corrected chi connectivity index (χ1v) is 8.23. The number of urea groups is 1. The molecule has 0 saturated carbocycles. The Morgan fingerprint density at radius 2 is 2.08 bits per heavy atom. The lowest BCUT2D eigenvalue weighted by Gasteiger charge is -2.25. The van der Waals surface area contributed by atoms with Crippen LogP contribution in [0.5, 0.6) is 5.75 Å². The van der Waals surface area contributed by atoms with Crippen LogP contribution in [0.3, 0.4) is 0 Å². The molecule has 7 heteroatoms. The number of nitrogens with one attached hydrogen (secondary N) is 2. The molecule has 0 fully saturated rings. The highest BCUT2D eigenvalue weighted by atomic mass is 16.5. The van der Waals surface area contributed by atoms with Gasteiger partial charge in [-0.2, -0.15) is 0 Å². The van der Waals surface area contributed by atoms with E-state index in [0.717, 1.165) is 13.0 Å². The van der Waals surface area contributed by atoms with Gasteiger partial charge >= 0.3 is 6.03 Å². The van der Waals surface area contributed by atoms with Gasteiger partial charge in [0.1, 0.15) is 5.75 Å². The molecule has 0 radical (unpaired) electrons. The number of rotatable bonds is 6. The molecule has 1 atom stereocenters. The molecule has 0 saturated heterocycles. The average molecular weight is 334 g/mol. The lowest BCUT2D eigenvalue weighted by molar-refractivity contribution is -0.122. The molecular weight excluding hydrogens is 308 g/mol. The van der Waals surface area contributed by atoms with Gasteiger partial charge in [-0.3, -0.25) is 4.79 Å². The summed E-state index contributed by atoms with van der Waals surface area (Å²) in [7, 11) is 4.03. The molecule has 7 nitrogen and oxygen atoms in total. The second kappa shape index (κ2) is 8.01. The molecule has 0 aliphatic carbocycles. The van der Waals surface area contributed by atoms with Gasteiger partial charge in [0.25, 0.3) is 5.91 Å². The van der Waals surface area contributed by atoms with Crippen molar-refractivity contribution in [2.45, 2.75) is 26.4 Å².